The summed E-state index contributed by atoms with van der Waals surface area (Å²) in [5, 5.41) is 10.5. The second kappa shape index (κ2) is 11.9. The van der Waals surface area contributed by atoms with Crippen LogP contribution in [-0.2, 0) is 0 Å². The van der Waals surface area contributed by atoms with E-state index in [1.807, 2.05) is 93.6 Å². The molecule has 1 unspecified atom stereocenters. The average molecular weight is 550 g/mol. The van der Waals surface area contributed by atoms with Gasteiger partial charge in [-0.05, 0) is 41.5 Å². The smallest absolute Gasteiger partial charge is 0.407 e. The summed E-state index contributed by atoms with van der Waals surface area (Å²) in [6.45, 7) is 7.70. The van der Waals surface area contributed by atoms with E-state index in [4.69, 9.17) is 4.74 Å². The lowest BCUT2D eigenvalue weighted by molar-refractivity contribution is 0.0906. The molecule has 0 radical (unpaired) electrons. The Hall–Kier alpha value is -3.79. The van der Waals surface area contributed by atoms with Crippen LogP contribution in [0.15, 0.2) is 66.0 Å². The molecule has 0 saturated carbocycles. The monoisotopic (exact) mass is 549 g/mol. The van der Waals surface area contributed by atoms with Crippen molar-refractivity contribution in [3.05, 3.63) is 71.9 Å². The van der Waals surface area contributed by atoms with Crippen LogP contribution in [0.5, 0.6) is 5.75 Å². The van der Waals surface area contributed by atoms with E-state index in [9.17, 15) is 14.7 Å². The Labute approximate surface area is 233 Å². The highest BCUT2D eigenvalue weighted by molar-refractivity contribution is 7.98. The molecule has 0 spiro atoms. The molecule has 9 nitrogen and oxygen atoms in total. The molecular formula is C29H35N5O4S. The Morgan fingerprint density at radius 1 is 1.13 bits per heavy atom. The van der Waals surface area contributed by atoms with E-state index in [1.54, 1.807) is 11.1 Å². The first-order valence-corrected chi connectivity index (χ1v) is 14.0. The molecule has 2 amide bonds. The number of anilines is 2. The van der Waals surface area contributed by atoms with E-state index in [-0.39, 0.29) is 17.9 Å². The zero-order valence-electron chi connectivity index (χ0n) is 23.0. The molecule has 1 N–H and O–H groups in total. The topological polar surface area (TPSA) is 99.1 Å². The van der Waals surface area contributed by atoms with E-state index in [0.717, 1.165) is 11.3 Å². The van der Waals surface area contributed by atoms with Crippen LogP contribution in [0.1, 0.15) is 42.8 Å². The summed E-state index contributed by atoms with van der Waals surface area (Å²) in [6, 6.07) is 16.9. The van der Waals surface area contributed by atoms with Gasteiger partial charge in [-0.1, -0.05) is 62.9 Å². The van der Waals surface area contributed by atoms with Crippen molar-refractivity contribution in [1.29, 1.82) is 0 Å². The van der Waals surface area contributed by atoms with E-state index in [0.29, 0.717) is 41.9 Å². The summed E-state index contributed by atoms with van der Waals surface area (Å²) in [7, 11) is 1.92. The third kappa shape index (κ3) is 7.00. The Morgan fingerprint density at radius 3 is 2.44 bits per heavy atom. The number of carboxylic acid groups (broad SMARTS) is 1. The van der Waals surface area contributed by atoms with Gasteiger partial charge in [-0.15, -0.1) is 0 Å². The molecule has 0 bridgehead atoms. The highest BCUT2D eigenvalue weighted by atomic mass is 32.2. The van der Waals surface area contributed by atoms with Gasteiger partial charge in [-0.25, -0.2) is 14.8 Å². The van der Waals surface area contributed by atoms with Crippen LogP contribution < -0.4 is 14.5 Å². The number of rotatable bonds is 8. The SMILES string of the molecule is CSc1ncc2c(n1)N(C)CCN(c1ccc(OC(CN(CC(C)(C)C)C(=O)O)c3ccccc3)cc1)C2=O. The maximum Gasteiger partial charge on any atom is 0.407 e. The van der Waals surface area contributed by atoms with Gasteiger partial charge in [-0.3, -0.25) is 4.79 Å². The van der Waals surface area contributed by atoms with Crippen LogP contribution in [-0.4, -0.2) is 71.5 Å². The van der Waals surface area contributed by atoms with Crippen LogP contribution in [0.3, 0.4) is 0 Å². The fraction of sp³-hybridized carbons (Fsp3) is 0.379. The number of carbonyl (C=O) groups excluding carboxylic acids is 1. The molecule has 1 aliphatic rings. The van der Waals surface area contributed by atoms with E-state index < -0.39 is 12.2 Å². The largest absolute Gasteiger partial charge is 0.484 e. The van der Waals surface area contributed by atoms with Gasteiger partial charge in [0.25, 0.3) is 5.91 Å². The minimum absolute atomic E-state index is 0.155. The molecule has 39 heavy (non-hydrogen) atoms. The van der Waals surface area contributed by atoms with Gasteiger partial charge in [0.05, 0.1) is 6.54 Å². The first-order valence-electron chi connectivity index (χ1n) is 12.8. The predicted octanol–water partition coefficient (Wildman–Crippen LogP) is 5.44. The molecule has 0 saturated heterocycles. The number of hydrogen-bond donors (Lipinski definition) is 1. The number of likely N-dealkylation sites (N-methyl/N-ethyl adjacent to an activating group) is 1. The van der Waals surface area contributed by atoms with Crippen molar-refractivity contribution in [3.8, 4) is 5.75 Å². The second-order valence-corrected chi connectivity index (χ2v) is 11.5. The number of fused-ring (bicyclic) bond motifs is 1. The van der Waals surface area contributed by atoms with Crippen LogP contribution in [0.4, 0.5) is 16.3 Å². The summed E-state index contributed by atoms with van der Waals surface area (Å²) >= 11 is 1.44. The Balaban J connectivity index is 1.56. The van der Waals surface area contributed by atoms with Gasteiger partial charge in [0.1, 0.15) is 23.2 Å². The zero-order chi connectivity index (χ0) is 28.2. The maximum absolute atomic E-state index is 13.4. The van der Waals surface area contributed by atoms with Crippen molar-refractivity contribution >= 4 is 35.3 Å². The fourth-order valence-corrected chi connectivity index (χ4v) is 4.81. The minimum Gasteiger partial charge on any atom is -0.484 e. The van der Waals surface area contributed by atoms with Gasteiger partial charge in [0, 0.05) is 38.6 Å². The van der Waals surface area contributed by atoms with Crippen molar-refractivity contribution in [2.24, 2.45) is 5.41 Å². The van der Waals surface area contributed by atoms with E-state index >= 15 is 0 Å². The number of ether oxygens (including phenoxy) is 1. The molecular weight excluding hydrogens is 514 g/mol. The normalized spacial score (nSPS) is 14.4. The highest BCUT2D eigenvalue weighted by Crippen LogP contribution is 2.30. The highest BCUT2D eigenvalue weighted by Gasteiger charge is 2.29. The number of nitrogens with zero attached hydrogens (tertiary/aromatic N) is 5. The number of carbonyl (C=O) groups is 2. The van der Waals surface area contributed by atoms with Crippen molar-refractivity contribution in [3.63, 3.8) is 0 Å². The van der Waals surface area contributed by atoms with Gasteiger partial charge >= 0.3 is 6.09 Å². The fourth-order valence-electron chi connectivity index (χ4n) is 4.48. The first-order chi connectivity index (χ1) is 18.6. The quantitative estimate of drug-likeness (QED) is 0.293. The number of benzene rings is 2. The lowest BCUT2D eigenvalue weighted by Gasteiger charge is -2.31. The summed E-state index contributed by atoms with van der Waals surface area (Å²) in [4.78, 5) is 39.4. The molecule has 1 aromatic heterocycles. The number of amides is 2. The summed E-state index contributed by atoms with van der Waals surface area (Å²) in [5.41, 5.74) is 1.88. The van der Waals surface area contributed by atoms with Gasteiger partial charge in [-0.2, -0.15) is 0 Å². The molecule has 4 rings (SSSR count). The van der Waals surface area contributed by atoms with E-state index in [2.05, 4.69) is 9.97 Å². The predicted molar refractivity (Wildman–Crippen MR) is 154 cm³/mol. The molecule has 0 aliphatic carbocycles. The molecule has 3 aromatic rings. The van der Waals surface area contributed by atoms with Crippen molar-refractivity contribution in [1.82, 2.24) is 14.9 Å². The lowest BCUT2D eigenvalue weighted by Crippen LogP contribution is -2.40. The zero-order valence-corrected chi connectivity index (χ0v) is 23.8. The van der Waals surface area contributed by atoms with Crippen molar-refractivity contribution in [2.45, 2.75) is 32.0 Å². The molecule has 2 heterocycles. The Morgan fingerprint density at radius 2 is 1.82 bits per heavy atom. The number of aromatic nitrogens is 2. The Bertz CT molecular complexity index is 1300. The average Bonchev–Trinajstić information content (AvgIpc) is 3.03. The van der Waals surface area contributed by atoms with Crippen LogP contribution in [0.2, 0.25) is 0 Å². The third-order valence-corrected chi connectivity index (χ3v) is 6.91. The van der Waals surface area contributed by atoms with E-state index in [1.165, 1.54) is 16.7 Å². The molecule has 1 aliphatic heterocycles. The van der Waals surface area contributed by atoms with Crippen LogP contribution in [0, 0.1) is 5.41 Å². The van der Waals surface area contributed by atoms with Gasteiger partial charge in [0.15, 0.2) is 5.16 Å². The molecule has 0 fully saturated rings. The minimum atomic E-state index is -0.983. The van der Waals surface area contributed by atoms with Crippen molar-refractivity contribution < 1.29 is 19.4 Å². The van der Waals surface area contributed by atoms with Crippen molar-refractivity contribution in [2.75, 3.05) is 49.3 Å². The standard InChI is InChI=1S/C29H35N5O4S/c1-29(2,3)19-33(28(36)37)18-24(20-9-7-6-8-10-20)38-22-13-11-21(12-14-22)34-16-15-32(4)25-23(26(34)35)17-30-27(31-25)39-5/h6-14,17,24H,15-16,18-19H2,1-5H3,(H,36,37). The van der Waals surface area contributed by atoms with Gasteiger partial charge < -0.3 is 24.5 Å². The maximum atomic E-state index is 13.4. The lowest BCUT2D eigenvalue weighted by atomic mass is 9.96. The van der Waals surface area contributed by atoms with Crippen LogP contribution in [0.25, 0.3) is 0 Å². The molecule has 2 aromatic carbocycles. The molecule has 1 atom stereocenters. The summed E-state index contributed by atoms with van der Waals surface area (Å²) in [6.07, 6.45) is 2.02. The first kappa shape index (κ1) is 28.2. The number of hydrogen-bond acceptors (Lipinski definition) is 7. The molecule has 206 valence electrons. The number of thioether (sulfide) groups is 1. The molecule has 10 heteroatoms. The van der Waals surface area contributed by atoms with Gasteiger partial charge in [0.2, 0.25) is 0 Å². The third-order valence-electron chi connectivity index (χ3n) is 6.35. The second-order valence-electron chi connectivity index (χ2n) is 10.7. The Kier molecular flexibility index (Phi) is 8.64. The summed E-state index contributed by atoms with van der Waals surface area (Å²) in [5.74, 6) is 1.06. The summed E-state index contributed by atoms with van der Waals surface area (Å²) < 4.78 is 6.35. The van der Waals surface area contributed by atoms with Crippen LogP contribution >= 0.6 is 11.8 Å².